The molecule has 1 fully saturated rings. The molecule has 2 N–H and O–H groups in total. The zero-order valence-corrected chi connectivity index (χ0v) is 14.5. The Morgan fingerprint density at radius 3 is 2.67 bits per heavy atom. The second kappa shape index (κ2) is 6.51. The highest BCUT2D eigenvalue weighted by Crippen LogP contribution is 2.25. The number of fused-ring (bicyclic) bond motifs is 1. The van der Waals surface area contributed by atoms with Gasteiger partial charge in [-0.25, -0.2) is 13.6 Å². The molecule has 0 aliphatic carbocycles. The third kappa shape index (κ3) is 3.17. The first-order valence-corrected chi connectivity index (χ1v) is 8.35. The molecule has 8 heteroatoms. The van der Waals surface area contributed by atoms with E-state index in [1.54, 1.807) is 30.5 Å². The summed E-state index contributed by atoms with van der Waals surface area (Å²) in [5.74, 6) is -2.57. The number of H-pyrrole nitrogens is 1. The average molecular weight is 388 g/mol. The van der Waals surface area contributed by atoms with E-state index in [9.17, 15) is 18.4 Å². The lowest BCUT2D eigenvalue weighted by atomic mass is 10.1. The fourth-order valence-electron chi connectivity index (χ4n) is 2.93. The normalized spacial score (nSPS) is 15.8. The van der Waals surface area contributed by atoms with Crippen molar-refractivity contribution in [3.05, 3.63) is 76.1 Å². The number of carbonyl (C=O) groups is 2. The Kier molecular flexibility index (Phi) is 4.16. The van der Waals surface area contributed by atoms with Crippen LogP contribution in [0.2, 0.25) is 5.02 Å². The highest BCUT2D eigenvalue weighted by molar-refractivity contribution is 6.31. The molecule has 2 aromatic carbocycles. The molecule has 5 nitrogen and oxygen atoms in total. The van der Waals surface area contributed by atoms with E-state index >= 15 is 0 Å². The van der Waals surface area contributed by atoms with E-state index in [4.69, 9.17) is 11.6 Å². The smallest absolute Gasteiger partial charge is 0.329 e. The van der Waals surface area contributed by atoms with Crippen molar-refractivity contribution in [2.75, 3.05) is 0 Å². The minimum absolute atomic E-state index is 0.0958. The van der Waals surface area contributed by atoms with Crippen molar-refractivity contribution in [2.45, 2.75) is 6.54 Å². The van der Waals surface area contributed by atoms with E-state index < -0.39 is 23.6 Å². The number of aromatic nitrogens is 1. The largest absolute Gasteiger partial charge is 0.361 e. The third-order valence-electron chi connectivity index (χ3n) is 4.26. The van der Waals surface area contributed by atoms with Crippen molar-refractivity contribution in [3.63, 3.8) is 0 Å². The average Bonchev–Trinajstić information content (AvgIpc) is 3.14. The molecule has 0 bridgehead atoms. The predicted molar refractivity (Wildman–Crippen MR) is 96.7 cm³/mol. The summed E-state index contributed by atoms with van der Waals surface area (Å²) in [6, 6.07) is 7.90. The molecular formula is C19H12ClF2N3O2. The second-order valence-corrected chi connectivity index (χ2v) is 6.50. The van der Waals surface area contributed by atoms with Crippen LogP contribution >= 0.6 is 11.6 Å². The zero-order valence-electron chi connectivity index (χ0n) is 13.7. The van der Waals surface area contributed by atoms with Crippen molar-refractivity contribution < 1.29 is 18.4 Å². The van der Waals surface area contributed by atoms with Crippen LogP contribution in [0.15, 0.2) is 48.3 Å². The number of benzene rings is 2. The monoisotopic (exact) mass is 387 g/mol. The summed E-state index contributed by atoms with van der Waals surface area (Å²) < 4.78 is 26.4. The third-order valence-corrected chi connectivity index (χ3v) is 4.50. The molecule has 0 radical (unpaired) electrons. The number of hydrogen-bond donors (Lipinski definition) is 2. The number of nitrogens with one attached hydrogen (secondary N) is 2. The van der Waals surface area contributed by atoms with E-state index in [1.165, 1.54) is 6.07 Å². The first-order chi connectivity index (χ1) is 12.9. The number of urea groups is 1. The molecule has 3 amide bonds. The van der Waals surface area contributed by atoms with Gasteiger partial charge in [0.2, 0.25) is 0 Å². The summed E-state index contributed by atoms with van der Waals surface area (Å²) in [6.45, 7) is -0.164. The van der Waals surface area contributed by atoms with Crippen molar-refractivity contribution in [1.82, 2.24) is 15.2 Å². The van der Waals surface area contributed by atoms with Gasteiger partial charge in [0.1, 0.15) is 5.70 Å². The SMILES string of the molecule is O=C1N/C(=C\c2c[nH]c3cc(Cl)ccc23)C(=O)N1Cc1ccc(F)c(F)c1. The molecule has 0 unspecified atom stereocenters. The number of imide groups is 1. The second-order valence-electron chi connectivity index (χ2n) is 6.06. The van der Waals surface area contributed by atoms with Gasteiger partial charge in [-0.3, -0.25) is 9.69 Å². The van der Waals surface area contributed by atoms with Crippen LogP contribution in [-0.2, 0) is 11.3 Å². The van der Waals surface area contributed by atoms with Crippen molar-refractivity contribution in [1.29, 1.82) is 0 Å². The molecule has 27 heavy (non-hydrogen) atoms. The van der Waals surface area contributed by atoms with Crippen LogP contribution < -0.4 is 5.32 Å². The molecule has 1 saturated heterocycles. The first kappa shape index (κ1) is 17.2. The first-order valence-electron chi connectivity index (χ1n) is 7.97. The topological polar surface area (TPSA) is 65.2 Å². The Bertz CT molecular complexity index is 1120. The van der Waals surface area contributed by atoms with Crippen LogP contribution in [0.25, 0.3) is 17.0 Å². The van der Waals surface area contributed by atoms with Crippen LogP contribution in [0.4, 0.5) is 13.6 Å². The number of rotatable bonds is 3. The fraction of sp³-hybridized carbons (Fsp3) is 0.0526. The van der Waals surface area contributed by atoms with Gasteiger partial charge in [0.25, 0.3) is 5.91 Å². The van der Waals surface area contributed by atoms with Crippen molar-refractivity contribution in [3.8, 4) is 0 Å². The van der Waals surface area contributed by atoms with E-state index in [0.29, 0.717) is 16.1 Å². The predicted octanol–water partition coefficient (Wildman–Crippen LogP) is 4.19. The molecule has 0 atom stereocenters. The van der Waals surface area contributed by atoms with Gasteiger partial charge in [-0.2, -0.15) is 0 Å². The summed E-state index contributed by atoms with van der Waals surface area (Å²) in [7, 11) is 0. The molecule has 136 valence electrons. The number of halogens is 3. The van der Waals surface area contributed by atoms with E-state index in [-0.39, 0.29) is 12.2 Å². The van der Waals surface area contributed by atoms with Crippen LogP contribution in [-0.4, -0.2) is 21.8 Å². The fourth-order valence-corrected chi connectivity index (χ4v) is 3.10. The Balaban J connectivity index is 1.61. The minimum atomic E-state index is -1.03. The van der Waals surface area contributed by atoms with Gasteiger partial charge in [-0.1, -0.05) is 23.7 Å². The van der Waals surface area contributed by atoms with Gasteiger partial charge < -0.3 is 10.3 Å². The molecule has 1 aliphatic rings. The Morgan fingerprint density at radius 2 is 1.89 bits per heavy atom. The molecule has 3 aromatic rings. The molecule has 1 aliphatic heterocycles. The number of amides is 3. The standard InChI is InChI=1S/C19H12ClF2N3O2/c20-12-2-3-13-11(8-23-16(13)7-12)6-17-18(26)25(19(27)24-17)9-10-1-4-14(21)15(22)5-10/h1-8,23H,9H2,(H,24,27)/b17-6-. The van der Waals surface area contributed by atoms with Crippen LogP contribution in [0.1, 0.15) is 11.1 Å². The summed E-state index contributed by atoms with van der Waals surface area (Å²) >= 11 is 5.95. The highest BCUT2D eigenvalue weighted by Gasteiger charge is 2.33. The molecule has 0 spiro atoms. The lowest BCUT2D eigenvalue weighted by molar-refractivity contribution is -0.123. The Hall–Kier alpha value is -3.19. The van der Waals surface area contributed by atoms with Crippen LogP contribution in [0.3, 0.4) is 0 Å². The maximum absolute atomic E-state index is 13.3. The molecule has 1 aromatic heterocycles. The van der Waals surface area contributed by atoms with Gasteiger partial charge in [0.05, 0.1) is 6.54 Å². The van der Waals surface area contributed by atoms with Crippen LogP contribution in [0, 0.1) is 11.6 Å². The van der Waals surface area contributed by atoms with Crippen molar-refractivity contribution >= 4 is 40.5 Å². The van der Waals surface area contributed by atoms with Gasteiger partial charge in [-0.15, -0.1) is 0 Å². The maximum Gasteiger partial charge on any atom is 0.329 e. The number of hydrogen-bond acceptors (Lipinski definition) is 2. The quantitative estimate of drug-likeness (QED) is 0.522. The summed E-state index contributed by atoms with van der Waals surface area (Å²) in [5.41, 5.74) is 1.91. The van der Waals surface area contributed by atoms with Gasteiger partial charge in [0.15, 0.2) is 11.6 Å². The van der Waals surface area contributed by atoms with Gasteiger partial charge in [0, 0.05) is 27.7 Å². The van der Waals surface area contributed by atoms with Crippen LogP contribution in [0.5, 0.6) is 0 Å². The Morgan fingerprint density at radius 1 is 1.07 bits per heavy atom. The summed E-state index contributed by atoms with van der Waals surface area (Å²) in [6.07, 6.45) is 3.25. The number of aromatic amines is 1. The summed E-state index contributed by atoms with van der Waals surface area (Å²) in [5, 5.41) is 3.92. The van der Waals surface area contributed by atoms with Crippen molar-refractivity contribution in [2.24, 2.45) is 0 Å². The van der Waals surface area contributed by atoms with E-state index in [1.807, 2.05) is 0 Å². The highest BCUT2D eigenvalue weighted by atomic mass is 35.5. The molecule has 2 heterocycles. The lowest BCUT2D eigenvalue weighted by Gasteiger charge is -2.11. The number of carbonyl (C=O) groups excluding carboxylic acids is 2. The van der Waals surface area contributed by atoms with E-state index in [2.05, 4.69) is 10.3 Å². The molecular weight excluding hydrogens is 376 g/mol. The summed E-state index contributed by atoms with van der Waals surface area (Å²) in [4.78, 5) is 28.7. The van der Waals surface area contributed by atoms with Gasteiger partial charge in [-0.05, 0) is 35.9 Å². The minimum Gasteiger partial charge on any atom is -0.361 e. The zero-order chi connectivity index (χ0) is 19.1. The maximum atomic E-state index is 13.3. The Labute approximate surface area is 157 Å². The number of nitrogens with zero attached hydrogens (tertiary/aromatic N) is 1. The van der Waals surface area contributed by atoms with E-state index in [0.717, 1.165) is 27.9 Å². The molecule has 0 saturated carbocycles. The lowest BCUT2D eigenvalue weighted by Crippen LogP contribution is -2.30. The van der Waals surface area contributed by atoms with Gasteiger partial charge >= 0.3 is 6.03 Å². The molecule has 4 rings (SSSR count).